The number of fused-ring (bicyclic) bond motifs is 3. The van der Waals surface area contributed by atoms with Crippen LogP contribution < -0.4 is 16.0 Å². The number of anilines is 1. The smallest absolute Gasteiger partial charge is 0.243 e. The summed E-state index contributed by atoms with van der Waals surface area (Å²) in [5, 5.41) is 7.61. The minimum Gasteiger partial charge on any atom is -0.347 e. The molecule has 3 N–H and O–H groups in total. The van der Waals surface area contributed by atoms with Gasteiger partial charge in [0.1, 0.15) is 0 Å². The van der Waals surface area contributed by atoms with Crippen LogP contribution in [0.15, 0.2) is 42.5 Å². The number of carbonyl (C=O) groups excluding carboxylic acids is 3. The van der Waals surface area contributed by atoms with Gasteiger partial charge in [0, 0.05) is 12.6 Å². The molecule has 1 aliphatic carbocycles. The van der Waals surface area contributed by atoms with Crippen LogP contribution in [0.25, 0.3) is 11.1 Å². The van der Waals surface area contributed by atoms with Crippen molar-refractivity contribution >= 4 is 23.4 Å². The van der Waals surface area contributed by atoms with E-state index in [0.29, 0.717) is 5.69 Å². The first-order chi connectivity index (χ1) is 12.0. The predicted octanol–water partition coefficient (Wildman–Crippen LogP) is 1.45. The van der Waals surface area contributed by atoms with E-state index in [1.165, 1.54) is 29.2 Å². The van der Waals surface area contributed by atoms with Crippen molar-refractivity contribution in [2.75, 3.05) is 18.4 Å². The molecule has 2 aromatic rings. The monoisotopic (exact) mass is 337 g/mol. The number of benzene rings is 2. The van der Waals surface area contributed by atoms with Gasteiger partial charge in [-0.25, -0.2) is 0 Å². The van der Waals surface area contributed by atoms with Gasteiger partial charge >= 0.3 is 0 Å². The molecule has 0 aliphatic heterocycles. The molecule has 128 valence electrons. The Morgan fingerprint density at radius 1 is 0.880 bits per heavy atom. The van der Waals surface area contributed by atoms with E-state index in [4.69, 9.17) is 0 Å². The first-order valence-electron chi connectivity index (χ1n) is 8.05. The zero-order chi connectivity index (χ0) is 17.8. The molecule has 0 aromatic heterocycles. The van der Waals surface area contributed by atoms with Crippen molar-refractivity contribution in [3.05, 3.63) is 53.6 Å². The van der Waals surface area contributed by atoms with Gasteiger partial charge in [-0.15, -0.1) is 0 Å². The summed E-state index contributed by atoms with van der Waals surface area (Å²) >= 11 is 0. The number of amides is 3. The molecule has 6 heteroatoms. The zero-order valence-electron chi connectivity index (χ0n) is 13.9. The number of hydrogen-bond acceptors (Lipinski definition) is 3. The Morgan fingerprint density at radius 3 is 2.40 bits per heavy atom. The fraction of sp³-hybridized carbons (Fsp3) is 0.211. The average Bonchev–Trinajstić information content (AvgIpc) is 2.95. The molecule has 25 heavy (non-hydrogen) atoms. The summed E-state index contributed by atoms with van der Waals surface area (Å²) in [7, 11) is 0. The first-order valence-corrected chi connectivity index (χ1v) is 8.05. The van der Waals surface area contributed by atoms with E-state index in [1.54, 1.807) is 0 Å². The summed E-state index contributed by atoms with van der Waals surface area (Å²) < 4.78 is 0. The summed E-state index contributed by atoms with van der Waals surface area (Å²) in [6, 6.07) is 14.1. The Labute approximate surface area is 145 Å². The van der Waals surface area contributed by atoms with E-state index in [1.807, 2.05) is 30.3 Å². The second-order valence-corrected chi connectivity index (χ2v) is 5.94. The number of carbonyl (C=O) groups is 3. The molecule has 0 fully saturated rings. The van der Waals surface area contributed by atoms with Crippen molar-refractivity contribution < 1.29 is 14.4 Å². The highest BCUT2D eigenvalue weighted by molar-refractivity contribution is 5.95. The van der Waals surface area contributed by atoms with Gasteiger partial charge < -0.3 is 16.0 Å². The minimum absolute atomic E-state index is 0.139. The highest BCUT2D eigenvalue weighted by Crippen LogP contribution is 2.37. The molecule has 0 saturated carbocycles. The third-order valence-corrected chi connectivity index (χ3v) is 4.02. The van der Waals surface area contributed by atoms with Crippen LogP contribution >= 0.6 is 0 Å². The fourth-order valence-corrected chi connectivity index (χ4v) is 2.87. The van der Waals surface area contributed by atoms with Crippen molar-refractivity contribution in [2.24, 2.45) is 0 Å². The van der Waals surface area contributed by atoms with Crippen LogP contribution in [0.2, 0.25) is 0 Å². The molecule has 3 amide bonds. The standard InChI is InChI=1S/C19H19N3O3/c1-12(23)20-10-18(24)21-11-19(25)22-15-6-7-17-14(9-15)8-13-4-2-3-5-16(13)17/h2-7,9H,8,10-11H2,1H3,(H,20,23)(H,21,24)(H,22,25). The Balaban J connectivity index is 1.56. The van der Waals surface area contributed by atoms with E-state index >= 15 is 0 Å². The molecule has 0 saturated heterocycles. The lowest BCUT2D eigenvalue weighted by Crippen LogP contribution is -2.39. The normalized spacial score (nSPS) is 11.2. The molecular formula is C19H19N3O3. The average molecular weight is 337 g/mol. The van der Waals surface area contributed by atoms with Gasteiger partial charge in [-0.3, -0.25) is 14.4 Å². The minimum atomic E-state index is -0.408. The zero-order valence-corrected chi connectivity index (χ0v) is 13.9. The van der Waals surface area contributed by atoms with Crippen LogP contribution in [-0.4, -0.2) is 30.8 Å². The molecule has 6 nitrogen and oxygen atoms in total. The second kappa shape index (κ2) is 7.17. The van der Waals surface area contributed by atoms with Gasteiger partial charge in [-0.1, -0.05) is 30.3 Å². The van der Waals surface area contributed by atoms with Gasteiger partial charge in [0.25, 0.3) is 0 Å². The summed E-state index contributed by atoms with van der Waals surface area (Å²) in [4.78, 5) is 34.2. The molecule has 3 rings (SSSR count). The van der Waals surface area contributed by atoms with Gasteiger partial charge in [0.15, 0.2) is 0 Å². The Hall–Kier alpha value is -3.15. The lowest BCUT2D eigenvalue weighted by Gasteiger charge is -2.09. The molecule has 0 radical (unpaired) electrons. The number of hydrogen-bond donors (Lipinski definition) is 3. The molecule has 0 spiro atoms. The summed E-state index contributed by atoms with van der Waals surface area (Å²) in [5.74, 6) is -1.01. The number of rotatable bonds is 5. The van der Waals surface area contributed by atoms with Crippen LogP contribution in [0.1, 0.15) is 18.1 Å². The predicted molar refractivity (Wildman–Crippen MR) is 95.0 cm³/mol. The van der Waals surface area contributed by atoms with Gasteiger partial charge in [0.05, 0.1) is 13.1 Å². The van der Waals surface area contributed by atoms with Crippen LogP contribution in [0.3, 0.4) is 0 Å². The topological polar surface area (TPSA) is 87.3 Å². The van der Waals surface area contributed by atoms with Crippen LogP contribution in [-0.2, 0) is 20.8 Å². The van der Waals surface area contributed by atoms with E-state index in [2.05, 4.69) is 28.1 Å². The Kier molecular flexibility index (Phi) is 4.79. The lowest BCUT2D eigenvalue weighted by atomic mass is 10.1. The maximum absolute atomic E-state index is 12.0. The Bertz CT molecular complexity index is 846. The molecule has 2 aromatic carbocycles. The van der Waals surface area contributed by atoms with Crippen molar-refractivity contribution in [3.8, 4) is 11.1 Å². The third kappa shape index (κ3) is 4.03. The molecule has 0 bridgehead atoms. The third-order valence-electron chi connectivity index (χ3n) is 4.02. The maximum Gasteiger partial charge on any atom is 0.243 e. The summed E-state index contributed by atoms with van der Waals surface area (Å²) in [6.45, 7) is 1.04. The van der Waals surface area contributed by atoms with Gasteiger partial charge in [0.2, 0.25) is 17.7 Å². The molecule has 1 aliphatic rings. The molecule has 0 heterocycles. The quantitative estimate of drug-likeness (QED) is 0.658. The molecular weight excluding hydrogens is 318 g/mol. The number of nitrogens with one attached hydrogen (secondary N) is 3. The van der Waals surface area contributed by atoms with Crippen molar-refractivity contribution in [1.29, 1.82) is 0 Å². The van der Waals surface area contributed by atoms with Crippen LogP contribution in [0.4, 0.5) is 5.69 Å². The molecule has 0 unspecified atom stereocenters. The fourth-order valence-electron chi connectivity index (χ4n) is 2.87. The van der Waals surface area contributed by atoms with E-state index in [9.17, 15) is 14.4 Å². The highest BCUT2D eigenvalue weighted by atomic mass is 16.2. The van der Waals surface area contributed by atoms with E-state index in [0.717, 1.165) is 6.42 Å². The summed E-state index contributed by atoms with van der Waals surface area (Å²) in [5.41, 5.74) is 5.59. The Morgan fingerprint density at radius 2 is 1.60 bits per heavy atom. The van der Waals surface area contributed by atoms with Crippen molar-refractivity contribution in [1.82, 2.24) is 10.6 Å². The van der Waals surface area contributed by atoms with Crippen molar-refractivity contribution in [3.63, 3.8) is 0 Å². The molecule has 0 atom stereocenters. The first kappa shape index (κ1) is 16.7. The van der Waals surface area contributed by atoms with E-state index < -0.39 is 5.91 Å². The lowest BCUT2D eigenvalue weighted by molar-refractivity contribution is -0.126. The largest absolute Gasteiger partial charge is 0.347 e. The van der Waals surface area contributed by atoms with Gasteiger partial charge in [-0.2, -0.15) is 0 Å². The summed E-state index contributed by atoms with van der Waals surface area (Å²) in [6.07, 6.45) is 0.850. The maximum atomic E-state index is 12.0. The second-order valence-electron chi connectivity index (χ2n) is 5.94. The van der Waals surface area contributed by atoms with Crippen LogP contribution in [0, 0.1) is 0 Å². The van der Waals surface area contributed by atoms with Crippen LogP contribution in [0.5, 0.6) is 0 Å². The van der Waals surface area contributed by atoms with Crippen molar-refractivity contribution in [2.45, 2.75) is 13.3 Å². The van der Waals surface area contributed by atoms with Gasteiger partial charge in [-0.05, 0) is 40.8 Å². The van der Waals surface area contributed by atoms with E-state index in [-0.39, 0.29) is 24.9 Å². The highest BCUT2D eigenvalue weighted by Gasteiger charge is 2.18. The SMILES string of the molecule is CC(=O)NCC(=O)NCC(=O)Nc1ccc2c(c1)Cc1ccccc1-2.